The number of hydrogen-bond donors (Lipinski definition) is 1. The van der Waals surface area contributed by atoms with Crippen molar-refractivity contribution in [3.05, 3.63) is 34.4 Å². The Morgan fingerprint density at radius 1 is 1.06 bits per heavy atom. The van der Waals surface area contributed by atoms with E-state index in [1.165, 1.54) is 22.3 Å². The van der Waals surface area contributed by atoms with E-state index in [1.807, 2.05) is 0 Å². The summed E-state index contributed by atoms with van der Waals surface area (Å²) in [6, 6.07) is 4.59. The fraction of sp³-hybridized carbons (Fsp3) is 0.625. The topological polar surface area (TPSA) is 12.0 Å². The van der Waals surface area contributed by atoms with E-state index in [-0.39, 0.29) is 0 Å². The molecule has 0 aromatic heterocycles. The van der Waals surface area contributed by atoms with Gasteiger partial charge in [-0.2, -0.15) is 0 Å². The van der Waals surface area contributed by atoms with E-state index in [4.69, 9.17) is 0 Å². The highest BCUT2D eigenvalue weighted by Gasteiger charge is 2.20. The van der Waals surface area contributed by atoms with Crippen molar-refractivity contribution in [2.24, 2.45) is 5.41 Å². The first kappa shape index (κ1) is 14.2. The Hall–Kier alpha value is -0.820. The summed E-state index contributed by atoms with van der Waals surface area (Å²) in [6.45, 7) is 15.6. The summed E-state index contributed by atoms with van der Waals surface area (Å²) in [4.78, 5) is 0. The molecule has 0 heterocycles. The first-order chi connectivity index (χ1) is 7.85. The molecule has 0 unspecified atom stereocenters. The Labute approximate surface area is 107 Å². The Balaban J connectivity index is 2.87. The lowest BCUT2D eigenvalue weighted by Gasteiger charge is -2.27. The molecule has 0 aliphatic rings. The lowest BCUT2D eigenvalue weighted by Crippen LogP contribution is -2.31. The van der Waals surface area contributed by atoms with E-state index < -0.39 is 0 Å². The van der Waals surface area contributed by atoms with Crippen LogP contribution in [0.2, 0.25) is 0 Å². The van der Waals surface area contributed by atoms with Gasteiger partial charge in [0.25, 0.3) is 0 Å². The van der Waals surface area contributed by atoms with Crippen LogP contribution < -0.4 is 5.32 Å². The molecule has 0 fully saturated rings. The van der Waals surface area contributed by atoms with Crippen molar-refractivity contribution in [3.8, 4) is 0 Å². The van der Waals surface area contributed by atoms with Gasteiger partial charge in [0.1, 0.15) is 0 Å². The molecule has 1 aromatic rings. The second-order valence-corrected chi connectivity index (χ2v) is 6.00. The first-order valence-electron chi connectivity index (χ1n) is 6.63. The predicted octanol–water partition coefficient (Wildman–Crippen LogP) is 3.79. The fourth-order valence-corrected chi connectivity index (χ4v) is 2.49. The Bertz CT molecular complexity index is 354. The molecule has 0 bridgehead atoms. The van der Waals surface area contributed by atoms with E-state index in [1.54, 1.807) is 0 Å². The molecular weight excluding hydrogens is 206 g/mol. The molecule has 1 aromatic carbocycles. The summed E-state index contributed by atoms with van der Waals surface area (Å²) in [5, 5.41) is 3.46. The molecule has 1 rings (SSSR count). The van der Waals surface area contributed by atoms with E-state index in [0.29, 0.717) is 5.41 Å². The minimum Gasteiger partial charge on any atom is -0.316 e. The summed E-state index contributed by atoms with van der Waals surface area (Å²) in [7, 11) is 0. The molecule has 0 amide bonds. The quantitative estimate of drug-likeness (QED) is 0.816. The van der Waals surface area contributed by atoms with E-state index in [9.17, 15) is 0 Å². The molecule has 0 aliphatic heterocycles. The predicted molar refractivity (Wildman–Crippen MR) is 76.7 cm³/mol. The number of nitrogens with one attached hydrogen (secondary N) is 1. The SMILES string of the molecule is CCNCC(C)(C)Cc1c(C)cc(C)cc1C. The Morgan fingerprint density at radius 2 is 1.59 bits per heavy atom. The molecule has 0 radical (unpaired) electrons. The van der Waals surface area contributed by atoms with Gasteiger partial charge < -0.3 is 5.32 Å². The largest absolute Gasteiger partial charge is 0.316 e. The monoisotopic (exact) mass is 233 g/mol. The minimum atomic E-state index is 0.320. The van der Waals surface area contributed by atoms with Gasteiger partial charge in [0, 0.05) is 6.54 Å². The molecule has 0 saturated heterocycles. The second kappa shape index (κ2) is 5.68. The van der Waals surface area contributed by atoms with Crippen LogP contribution >= 0.6 is 0 Å². The normalized spacial score (nSPS) is 11.9. The van der Waals surface area contributed by atoms with Gasteiger partial charge in [0.05, 0.1) is 0 Å². The molecule has 0 atom stereocenters. The van der Waals surface area contributed by atoms with Gasteiger partial charge in [-0.05, 0) is 55.8 Å². The maximum absolute atomic E-state index is 3.46. The van der Waals surface area contributed by atoms with Crippen molar-refractivity contribution >= 4 is 0 Å². The van der Waals surface area contributed by atoms with Crippen LogP contribution in [0.5, 0.6) is 0 Å². The molecule has 0 saturated carbocycles. The number of rotatable bonds is 5. The highest BCUT2D eigenvalue weighted by molar-refractivity contribution is 5.38. The number of aryl methyl sites for hydroxylation is 3. The van der Waals surface area contributed by atoms with Crippen LogP contribution in [0, 0.1) is 26.2 Å². The van der Waals surface area contributed by atoms with Gasteiger partial charge in [-0.15, -0.1) is 0 Å². The Kier molecular flexibility index (Phi) is 4.76. The zero-order valence-electron chi connectivity index (χ0n) is 12.3. The van der Waals surface area contributed by atoms with Crippen LogP contribution in [-0.2, 0) is 6.42 Å². The lowest BCUT2D eigenvalue weighted by molar-refractivity contribution is 0.341. The Morgan fingerprint density at radius 3 is 2.06 bits per heavy atom. The lowest BCUT2D eigenvalue weighted by atomic mass is 9.82. The third kappa shape index (κ3) is 4.16. The van der Waals surface area contributed by atoms with Crippen LogP contribution in [0.15, 0.2) is 12.1 Å². The zero-order chi connectivity index (χ0) is 13.1. The molecule has 1 N–H and O–H groups in total. The van der Waals surface area contributed by atoms with Crippen LogP contribution in [0.3, 0.4) is 0 Å². The molecular formula is C16H27N. The van der Waals surface area contributed by atoms with Gasteiger partial charge in [-0.3, -0.25) is 0 Å². The van der Waals surface area contributed by atoms with Crippen molar-refractivity contribution in [1.82, 2.24) is 5.32 Å². The summed E-state index contributed by atoms with van der Waals surface area (Å²) >= 11 is 0. The third-order valence-electron chi connectivity index (χ3n) is 3.35. The molecule has 0 aliphatic carbocycles. The summed E-state index contributed by atoms with van der Waals surface area (Å²) in [5.74, 6) is 0. The van der Waals surface area contributed by atoms with Crippen molar-refractivity contribution < 1.29 is 0 Å². The van der Waals surface area contributed by atoms with E-state index >= 15 is 0 Å². The van der Waals surface area contributed by atoms with Crippen molar-refractivity contribution in [2.75, 3.05) is 13.1 Å². The fourth-order valence-electron chi connectivity index (χ4n) is 2.49. The highest BCUT2D eigenvalue weighted by atomic mass is 14.9. The standard InChI is InChI=1S/C16H27N/c1-7-17-11-16(5,6)10-15-13(3)8-12(2)9-14(15)4/h8-9,17H,7,10-11H2,1-6H3. The average molecular weight is 233 g/mol. The van der Waals surface area contributed by atoms with Crippen LogP contribution in [0.25, 0.3) is 0 Å². The summed E-state index contributed by atoms with van der Waals surface area (Å²) < 4.78 is 0. The van der Waals surface area contributed by atoms with Gasteiger partial charge in [-0.1, -0.05) is 38.5 Å². The summed E-state index contributed by atoms with van der Waals surface area (Å²) in [5.41, 5.74) is 6.09. The zero-order valence-corrected chi connectivity index (χ0v) is 12.3. The molecule has 96 valence electrons. The molecule has 1 heteroatoms. The van der Waals surface area contributed by atoms with Crippen molar-refractivity contribution in [3.63, 3.8) is 0 Å². The van der Waals surface area contributed by atoms with E-state index in [0.717, 1.165) is 19.5 Å². The molecule has 17 heavy (non-hydrogen) atoms. The third-order valence-corrected chi connectivity index (χ3v) is 3.35. The van der Waals surface area contributed by atoms with Crippen molar-refractivity contribution in [2.45, 2.75) is 48.0 Å². The first-order valence-corrected chi connectivity index (χ1v) is 6.63. The van der Waals surface area contributed by atoms with Crippen LogP contribution in [0.1, 0.15) is 43.0 Å². The van der Waals surface area contributed by atoms with Gasteiger partial charge in [0.2, 0.25) is 0 Å². The van der Waals surface area contributed by atoms with E-state index in [2.05, 4.69) is 59.0 Å². The molecule has 0 spiro atoms. The second-order valence-electron chi connectivity index (χ2n) is 6.00. The molecule has 1 nitrogen and oxygen atoms in total. The highest BCUT2D eigenvalue weighted by Crippen LogP contribution is 2.26. The number of hydrogen-bond acceptors (Lipinski definition) is 1. The van der Waals surface area contributed by atoms with Gasteiger partial charge in [0.15, 0.2) is 0 Å². The maximum atomic E-state index is 3.46. The maximum Gasteiger partial charge on any atom is 0.000559 e. The van der Waals surface area contributed by atoms with Crippen LogP contribution in [-0.4, -0.2) is 13.1 Å². The average Bonchev–Trinajstić information content (AvgIpc) is 2.21. The number of benzene rings is 1. The smallest absolute Gasteiger partial charge is 0.000559 e. The van der Waals surface area contributed by atoms with Crippen LogP contribution in [0.4, 0.5) is 0 Å². The van der Waals surface area contributed by atoms with Crippen molar-refractivity contribution in [1.29, 1.82) is 0 Å². The summed E-state index contributed by atoms with van der Waals surface area (Å²) in [6.07, 6.45) is 1.15. The van der Waals surface area contributed by atoms with Gasteiger partial charge in [-0.25, -0.2) is 0 Å². The van der Waals surface area contributed by atoms with Gasteiger partial charge >= 0.3 is 0 Å². The minimum absolute atomic E-state index is 0.320.